The number of carbonyl (C=O) groups excluding carboxylic acids is 1. The Balaban J connectivity index is 1.73. The average molecular weight is 423 g/mol. The second-order valence-electron chi connectivity index (χ2n) is 7.67. The topological polar surface area (TPSA) is 97.1 Å². The van der Waals surface area contributed by atoms with Crippen LogP contribution in [0.3, 0.4) is 0 Å². The molecule has 0 aliphatic heterocycles. The lowest BCUT2D eigenvalue weighted by Gasteiger charge is -2.13. The molecule has 0 saturated heterocycles. The van der Waals surface area contributed by atoms with Gasteiger partial charge in [-0.2, -0.15) is 0 Å². The van der Waals surface area contributed by atoms with Crippen molar-refractivity contribution in [3.63, 3.8) is 0 Å². The first kappa shape index (κ1) is 19.6. The lowest BCUT2D eigenvalue weighted by molar-refractivity contribution is -0.117. The number of aromatic nitrogens is 3. The number of aliphatic hydroxyl groups is 1. The summed E-state index contributed by atoms with van der Waals surface area (Å²) < 4.78 is 22.6. The van der Waals surface area contributed by atoms with Crippen molar-refractivity contribution in [2.45, 2.75) is 32.5 Å². The number of carbonyl (C=O) groups is 1. The largest absolute Gasteiger partial charge is 0.383 e. The van der Waals surface area contributed by atoms with Crippen LogP contribution in [-0.2, 0) is 11.8 Å². The maximum absolute atomic E-state index is 13.1. The standard InChI is InChI=1S/C23H23FN4O3/c1-4-5-20(29)18-6-12(2)16(11-25-18)14-7-13-10-26-21(9-19(13)28(3)23(14)31)27-22(30)15-8-17(15)24/h4-7,9-11,15,17,20,29H,8H2,1-3H3,(H,26,27,30)/b5-4+/t15-,17+,20+/m0/s1/i20D. The van der Waals surface area contributed by atoms with Gasteiger partial charge in [-0.25, -0.2) is 9.37 Å². The number of amides is 1. The molecule has 0 bridgehead atoms. The zero-order chi connectivity index (χ0) is 23.2. The minimum Gasteiger partial charge on any atom is -0.383 e. The maximum atomic E-state index is 13.1. The molecule has 3 aromatic rings. The monoisotopic (exact) mass is 423 g/mol. The molecule has 1 aliphatic carbocycles. The second-order valence-corrected chi connectivity index (χ2v) is 7.67. The fraction of sp³-hybridized carbons (Fsp3) is 0.304. The first-order valence-electron chi connectivity index (χ1n) is 10.4. The molecule has 1 fully saturated rings. The Morgan fingerprint density at radius 1 is 1.35 bits per heavy atom. The molecular weight excluding hydrogens is 399 g/mol. The quantitative estimate of drug-likeness (QED) is 0.614. The molecule has 160 valence electrons. The van der Waals surface area contributed by atoms with Crippen LogP contribution in [0.1, 0.15) is 32.1 Å². The predicted molar refractivity (Wildman–Crippen MR) is 116 cm³/mol. The van der Waals surface area contributed by atoms with E-state index in [0.29, 0.717) is 27.6 Å². The normalized spacial score (nSPS) is 20.5. The molecule has 0 spiro atoms. The highest BCUT2D eigenvalue weighted by Gasteiger charge is 2.43. The highest BCUT2D eigenvalue weighted by atomic mass is 19.1. The van der Waals surface area contributed by atoms with Crippen molar-refractivity contribution in [2.75, 3.05) is 5.32 Å². The molecule has 31 heavy (non-hydrogen) atoms. The molecular formula is C23H23FN4O3. The van der Waals surface area contributed by atoms with Gasteiger partial charge in [-0.05, 0) is 38.0 Å². The number of halogens is 1. The summed E-state index contributed by atoms with van der Waals surface area (Å²) in [5.74, 6) is -0.795. The number of allylic oxidation sites excluding steroid dienone is 1. The predicted octanol–water partition coefficient (Wildman–Crippen LogP) is 3.21. The Bertz CT molecular complexity index is 1320. The van der Waals surface area contributed by atoms with E-state index in [4.69, 9.17) is 1.37 Å². The number of nitrogens with one attached hydrogen (secondary N) is 1. The van der Waals surface area contributed by atoms with Gasteiger partial charge in [0.15, 0.2) is 0 Å². The van der Waals surface area contributed by atoms with Gasteiger partial charge >= 0.3 is 0 Å². The summed E-state index contributed by atoms with van der Waals surface area (Å²) in [7, 11) is 1.62. The van der Waals surface area contributed by atoms with Crippen LogP contribution in [0, 0.1) is 12.8 Å². The number of rotatable bonds is 5. The summed E-state index contributed by atoms with van der Waals surface area (Å²) in [4.78, 5) is 33.5. The first-order valence-corrected chi connectivity index (χ1v) is 9.91. The van der Waals surface area contributed by atoms with Crippen LogP contribution in [0.25, 0.3) is 22.0 Å². The van der Waals surface area contributed by atoms with E-state index in [-0.39, 0.29) is 23.5 Å². The SMILES string of the molecule is [2H][C@@](O)(/C=C/C)c1cc(C)c(-c2cc3cnc(NC(=O)[C@H]4C[C@H]4F)cc3n(C)c2=O)cn1. The molecule has 1 saturated carbocycles. The van der Waals surface area contributed by atoms with E-state index in [1.165, 1.54) is 16.8 Å². The molecule has 0 aromatic carbocycles. The number of nitrogens with zero attached hydrogens (tertiary/aromatic N) is 3. The third-order valence-corrected chi connectivity index (χ3v) is 5.40. The van der Waals surface area contributed by atoms with Crippen molar-refractivity contribution < 1.29 is 15.7 Å². The van der Waals surface area contributed by atoms with E-state index >= 15 is 0 Å². The van der Waals surface area contributed by atoms with Crippen LogP contribution in [0.15, 0.2) is 47.5 Å². The Labute approximate surface area is 179 Å². The molecule has 8 heteroatoms. The minimum atomic E-state index is -1.96. The summed E-state index contributed by atoms with van der Waals surface area (Å²) in [5.41, 5.74) is 2.10. The average Bonchev–Trinajstić information content (AvgIpc) is 3.48. The highest BCUT2D eigenvalue weighted by Crippen LogP contribution is 2.34. The lowest BCUT2D eigenvalue weighted by atomic mass is 10.0. The number of pyridine rings is 3. The Morgan fingerprint density at radius 2 is 2.10 bits per heavy atom. The number of hydrogen-bond acceptors (Lipinski definition) is 5. The Kier molecular flexibility index (Phi) is 5.07. The summed E-state index contributed by atoms with van der Waals surface area (Å²) in [6.45, 7) is 3.48. The second kappa shape index (κ2) is 8.03. The van der Waals surface area contributed by atoms with Gasteiger partial charge in [0, 0.05) is 42.0 Å². The van der Waals surface area contributed by atoms with Gasteiger partial charge in [-0.1, -0.05) is 12.2 Å². The van der Waals surface area contributed by atoms with Crippen LogP contribution >= 0.6 is 0 Å². The van der Waals surface area contributed by atoms with Crippen LogP contribution in [0.4, 0.5) is 10.2 Å². The molecule has 0 unspecified atom stereocenters. The van der Waals surface area contributed by atoms with Gasteiger partial charge in [0.25, 0.3) is 5.56 Å². The Hall–Kier alpha value is -3.39. The highest BCUT2D eigenvalue weighted by molar-refractivity contribution is 5.95. The smallest absolute Gasteiger partial charge is 0.258 e. The van der Waals surface area contributed by atoms with E-state index in [0.717, 1.165) is 0 Å². The lowest BCUT2D eigenvalue weighted by Crippen LogP contribution is -2.20. The molecule has 7 nitrogen and oxygen atoms in total. The van der Waals surface area contributed by atoms with Crippen molar-refractivity contribution >= 4 is 22.6 Å². The van der Waals surface area contributed by atoms with Crippen molar-refractivity contribution in [3.8, 4) is 11.1 Å². The van der Waals surface area contributed by atoms with E-state index in [1.807, 2.05) is 0 Å². The number of aryl methyl sites for hydroxylation is 2. The molecule has 0 radical (unpaired) electrons. The third-order valence-electron chi connectivity index (χ3n) is 5.40. The molecule has 2 N–H and O–H groups in total. The van der Waals surface area contributed by atoms with E-state index in [2.05, 4.69) is 15.3 Å². The van der Waals surface area contributed by atoms with Gasteiger partial charge in [-0.3, -0.25) is 14.6 Å². The minimum absolute atomic E-state index is 0.155. The van der Waals surface area contributed by atoms with Gasteiger partial charge < -0.3 is 15.0 Å². The van der Waals surface area contributed by atoms with Crippen molar-refractivity contribution in [3.05, 3.63) is 64.4 Å². The van der Waals surface area contributed by atoms with Crippen LogP contribution in [0.5, 0.6) is 0 Å². The number of hydrogen-bond donors (Lipinski definition) is 2. The summed E-state index contributed by atoms with van der Waals surface area (Å²) >= 11 is 0. The van der Waals surface area contributed by atoms with E-state index in [1.54, 1.807) is 51.4 Å². The van der Waals surface area contributed by atoms with Crippen molar-refractivity contribution in [1.82, 2.24) is 14.5 Å². The first-order chi connectivity index (χ1) is 15.1. The van der Waals surface area contributed by atoms with Gasteiger partial charge in [-0.15, -0.1) is 0 Å². The Morgan fingerprint density at radius 3 is 2.74 bits per heavy atom. The van der Waals surface area contributed by atoms with Crippen LogP contribution in [-0.4, -0.2) is 31.7 Å². The van der Waals surface area contributed by atoms with Gasteiger partial charge in [0.2, 0.25) is 5.91 Å². The fourth-order valence-electron chi connectivity index (χ4n) is 3.50. The summed E-state index contributed by atoms with van der Waals surface area (Å²) in [6, 6.07) is 4.86. The van der Waals surface area contributed by atoms with Crippen LogP contribution in [0.2, 0.25) is 0 Å². The van der Waals surface area contributed by atoms with Gasteiger partial charge in [0.1, 0.15) is 18.1 Å². The molecule has 3 aromatic heterocycles. The van der Waals surface area contributed by atoms with Gasteiger partial charge in [0.05, 0.1) is 18.5 Å². The molecule has 1 aliphatic rings. The zero-order valence-corrected chi connectivity index (χ0v) is 17.4. The van der Waals surface area contributed by atoms with E-state index < -0.39 is 24.1 Å². The summed E-state index contributed by atoms with van der Waals surface area (Å²) in [5, 5.41) is 13.5. The maximum Gasteiger partial charge on any atom is 0.258 e. The van der Waals surface area contributed by atoms with Crippen molar-refractivity contribution in [1.29, 1.82) is 0 Å². The molecule has 4 rings (SSSR count). The summed E-state index contributed by atoms with van der Waals surface area (Å²) in [6.07, 6.45) is 3.07. The number of alkyl halides is 1. The molecule has 1 amide bonds. The number of anilines is 1. The third kappa shape index (κ3) is 3.98. The molecule has 3 heterocycles. The zero-order valence-electron chi connectivity index (χ0n) is 18.4. The number of fused-ring (bicyclic) bond motifs is 1. The van der Waals surface area contributed by atoms with Crippen LogP contribution < -0.4 is 10.9 Å². The van der Waals surface area contributed by atoms with E-state index in [9.17, 15) is 19.1 Å². The molecule has 3 atom stereocenters. The fourth-order valence-corrected chi connectivity index (χ4v) is 3.50. The van der Waals surface area contributed by atoms with Crippen molar-refractivity contribution in [2.24, 2.45) is 13.0 Å².